The van der Waals surface area contributed by atoms with Gasteiger partial charge in [0.15, 0.2) is 0 Å². The number of benzene rings is 1. The molecule has 1 aromatic carbocycles. The summed E-state index contributed by atoms with van der Waals surface area (Å²) in [6, 6.07) is 10.4. The Kier molecular flexibility index (Phi) is 3.40. The van der Waals surface area contributed by atoms with E-state index < -0.39 is 5.41 Å². The summed E-state index contributed by atoms with van der Waals surface area (Å²) in [5, 5.41) is 9.12. The summed E-state index contributed by atoms with van der Waals surface area (Å²) in [5.41, 5.74) is 7.55. The zero-order chi connectivity index (χ0) is 12.4. The van der Waals surface area contributed by atoms with E-state index in [1.807, 2.05) is 45.0 Å². The quantitative estimate of drug-likeness (QED) is 0.844. The Balaban J connectivity index is 3.21. The number of nitrogens with zero attached hydrogens (tertiary/aromatic N) is 1. The first-order valence-electron chi connectivity index (χ1n) is 5.64. The monoisotopic (exact) mass is 216 g/mol. The van der Waals surface area contributed by atoms with Crippen molar-refractivity contribution in [2.75, 3.05) is 0 Å². The van der Waals surface area contributed by atoms with Gasteiger partial charge in [0, 0.05) is 5.54 Å². The summed E-state index contributed by atoms with van der Waals surface area (Å²) in [7, 11) is 0. The van der Waals surface area contributed by atoms with Crippen LogP contribution in [0.4, 0.5) is 0 Å². The average Bonchev–Trinajstić information content (AvgIpc) is 2.29. The molecule has 0 fully saturated rings. The van der Waals surface area contributed by atoms with Crippen molar-refractivity contribution >= 4 is 0 Å². The van der Waals surface area contributed by atoms with Crippen LogP contribution in [0.25, 0.3) is 0 Å². The second kappa shape index (κ2) is 4.27. The molecule has 0 aliphatic rings. The molecule has 1 aromatic rings. The molecule has 0 saturated heterocycles. The van der Waals surface area contributed by atoms with Gasteiger partial charge in [-0.25, -0.2) is 0 Å². The normalized spacial score (nSPS) is 15.2. The summed E-state index contributed by atoms with van der Waals surface area (Å²) < 4.78 is 0. The van der Waals surface area contributed by atoms with E-state index in [0.29, 0.717) is 0 Å². The minimum absolute atomic E-state index is 0.318. The standard InChI is InChI=1S/C14H20N2/c1-5-14(4,16)12-8-6-7-11(9-12)13(2,3)10-15/h6-9H,5,16H2,1-4H3. The van der Waals surface area contributed by atoms with Crippen LogP contribution in [0, 0.1) is 11.3 Å². The molecule has 2 N–H and O–H groups in total. The van der Waals surface area contributed by atoms with Gasteiger partial charge in [0.2, 0.25) is 0 Å². The molecule has 0 aromatic heterocycles. The van der Waals surface area contributed by atoms with Gasteiger partial charge in [-0.2, -0.15) is 5.26 Å². The Bertz CT molecular complexity index is 411. The lowest BCUT2D eigenvalue weighted by Gasteiger charge is -2.25. The molecule has 16 heavy (non-hydrogen) atoms. The maximum atomic E-state index is 9.12. The van der Waals surface area contributed by atoms with Crippen molar-refractivity contribution in [3.8, 4) is 6.07 Å². The Morgan fingerprint density at radius 3 is 2.31 bits per heavy atom. The van der Waals surface area contributed by atoms with E-state index in [-0.39, 0.29) is 5.54 Å². The minimum Gasteiger partial charge on any atom is -0.322 e. The van der Waals surface area contributed by atoms with Gasteiger partial charge in [-0.3, -0.25) is 0 Å². The van der Waals surface area contributed by atoms with Crippen LogP contribution < -0.4 is 5.73 Å². The summed E-state index contributed by atoms with van der Waals surface area (Å²) in [6.45, 7) is 7.94. The Morgan fingerprint density at radius 1 is 1.25 bits per heavy atom. The topological polar surface area (TPSA) is 49.8 Å². The number of nitrogens with two attached hydrogens (primary N) is 1. The lowest BCUT2D eigenvalue weighted by molar-refractivity contribution is 0.475. The highest BCUT2D eigenvalue weighted by Gasteiger charge is 2.23. The molecule has 0 saturated carbocycles. The van der Waals surface area contributed by atoms with E-state index in [9.17, 15) is 0 Å². The van der Waals surface area contributed by atoms with E-state index >= 15 is 0 Å². The highest BCUT2D eigenvalue weighted by atomic mass is 14.7. The third kappa shape index (κ3) is 2.43. The van der Waals surface area contributed by atoms with Crippen molar-refractivity contribution in [1.29, 1.82) is 5.26 Å². The van der Waals surface area contributed by atoms with Crippen molar-refractivity contribution in [2.45, 2.75) is 45.1 Å². The average molecular weight is 216 g/mol. The largest absolute Gasteiger partial charge is 0.322 e. The fraction of sp³-hybridized carbons (Fsp3) is 0.500. The van der Waals surface area contributed by atoms with Crippen LogP contribution in [0.2, 0.25) is 0 Å². The van der Waals surface area contributed by atoms with Crippen LogP contribution in [0.3, 0.4) is 0 Å². The van der Waals surface area contributed by atoms with Crippen molar-refractivity contribution in [2.24, 2.45) is 5.73 Å². The van der Waals surface area contributed by atoms with Gasteiger partial charge in [0.05, 0.1) is 11.5 Å². The zero-order valence-corrected chi connectivity index (χ0v) is 10.5. The Labute approximate surface area is 98.1 Å². The molecule has 0 aliphatic carbocycles. The molecule has 1 rings (SSSR count). The van der Waals surface area contributed by atoms with Gasteiger partial charge in [-0.05, 0) is 38.3 Å². The predicted molar refractivity (Wildman–Crippen MR) is 66.9 cm³/mol. The van der Waals surface area contributed by atoms with Crippen LogP contribution in [-0.2, 0) is 11.0 Å². The first kappa shape index (κ1) is 12.7. The lowest BCUT2D eigenvalue weighted by Crippen LogP contribution is -2.32. The molecule has 2 heteroatoms. The Hall–Kier alpha value is -1.33. The fourth-order valence-corrected chi connectivity index (χ4v) is 1.53. The predicted octanol–water partition coefficient (Wildman–Crippen LogP) is 3.07. The van der Waals surface area contributed by atoms with Crippen molar-refractivity contribution in [3.63, 3.8) is 0 Å². The smallest absolute Gasteiger partial charge is 0.0766 e. The number of nitriles is 1. The summed E-state index contributed by atoms with van der Waals surface area (Å²) in [5.74, 6) is 0. The first-order valence-corrected chi connectivity index (χ1v) is 5.64. The molecule has 0 amide bonds. The molecule has 0 radical (unpaired) electrons. The molecular formula is C14H20N2. The van der Waals surface area contributed by atoms with Gasteiger partial charge in [-0.15, -0.1) is 0 Å². The number of hydrogen-bond acceptors (Lipinski definition) is 2. The zero-order valence-electron chi connectivity index (χ0n) is 10.5. The highest BCUT2D eigenvalue weighted by Crippen LogP contribution is 2.27. The highest BCUT2D eigenvalue weighted by molar-refractivity contribution is 5.36. The SMILES string of the molecule is CCC(C)(N)c1cccc(C(C)(C)C#N)c1. The molecular weight excluding hydrogens is 196 g/mol. The molecule has 2 nitrogen and oxygen atoms in total. The van der Waals surface area contributed by atoms with Gasteiger partial charge in [0.1, 0.15) is 0 Å². The molecule has 0 bridgehead atoms. The molecule has 86 valence electrons. The molecule has 0 heterocycles. The maximum Gasteiger partial charge on any atom is 0.0766 e. The van der Waals surface area contributed by atoms with Crippen LogP contribution in [0.15, 0.2) is 24.3 Å². The number of hydrogen-bond donors (Lipinski definition) is 1. The second-order valence-electron chi connectivity index (χ2n) is 5.09. The maximum absolute atomic E-state index is 9.12. The minimum atomic E-state index is -0.459. The van der Waals surface area contributed by atoms with Crippen molar-refractivity contribution in [1.82, 2.24) is 0 Å². The van der Waals surface area contributed by atoms with Crippen LogP contribution in [-0.4, -0.2) is 0 Å². The van der Waals surface area contributed by atoms with E-state index in [0.717, 1.165) is 17.5 Å². The lowest BCUT2D eigenvalue weighted by atomic mass is 9.82. The van der Waals surface area contributed by atoms with E-state index in [1.165, 1.54) is 0 Å². The third-order valence-electron chi connectivity index (χ3n) is 3.26. The van der Waals surface area contributed by atoms with Gasteiger partial charge < -0.3 is 5.73 Å². The van der Waals surface area contributed by atoms with Crippen LogP contribution in [0.5, 0.6) is 0 Å². The van der Waals surface area contributed by atoms with Gasteiger partial charge >= 0.3 is 0 Å². The van der Waals surface area contributed by atoms with Crippen molar-refractivity contribution < 1.29 is 0 Å². The Morgan fingerprint density at radius 2 is 1.81 bits per heavy atom. The van der Waals surface area contributed by atoms with E-state index in [4.69, 9.17) is 11.0 Å². The molecule has 0 aliphatic heterocycles. The fourth-order valence-electron chi connectivity index (χ4n) is 1.53. The van der Waals surface area contributed by atoms with Gasteiger partial charge in [-0.1, -0.05) is 31.2 Å². The summed E-state index contributed by atoms with van der Waals surface area (Å²) >= 11 is 0. The van der Waals surface area contributed by atoms with E-state index in [1.54, 1.807) is 0 Å². The summed E-state index contributed by atoms with van der Waals surface area (Å²) in [6.07, 6.45) is 0.878. The molecule has 0 spiro atoms. The molecule has 1 atom stereocenters. The van der Waals surface area contributed by atoms with Gasteiger partial charge in [0.25, 0.3) is 0 Å². The first-order chi connectivity index (χ1) is 7.33. The second-order valence-corrected chi connectivity index (χ2v) is 5.09. The molecule has 1 unspecified atom stereocenters. The van der Waals surface area contributed by atoms with Crippen LogP contribution >= 0.6 is 0 Å². The third-order valence-corrected chi connectivity index (χ3v) is 3.26. The van der Waals surface area contributed by atoms with Crippen LogP contribution in [0.1, 0.15) is 45.2 Å². The van der Waals surface area contributed by atoms with E-state index in [2.05, 4.69) is 13.0 Å². The number of rotatable bonds is 3. The summed E-state index contributed by atoms with van der Waals surface area (Å²) in [4.78, 5) is 0. The van der Waals surface area contributed by atoms with Crippen molar-refractivity contribution in [3.05, 3.63) is 35.4 Å².